The van der Waals surface area contributed by atoms with Gasteiger partial charge >= 0.3 is 0 Å². The molecule has 0 radical (unpaired) electrons. The molecule has 0 spiro atoms. The van der Waals surface area contributed by atoms with Crippen molar-refractivity contribution in [3.63, 3.8) is 0 Å². The molecule has 1 aliphatic heterocycles. The quantitative estimate of drug-likeness (QED) is 0.577. The molecule has 0 N–H and O–H groups in total. The van der Waals surface area contributed by atoms with Crippen molar-refractivity contribution < 1.29 is 4.79 Å². The molecule has 78 valence electrons. The first-order valence-corrected chi connectivity index (χ1v) is 5.63. The maximum Gasteiger partial charge on any atom is 0.272 e. The van der Waals surface area contributed by atoms with E-state index in [2.05, 4.69) is 27.0 Å². The second-order valence-electron chi connectivity index (χ2n) is 3.36. The molecule has 1 aromatic heterocycles. The Hall–Kier alpha value is -1.16. The molecule has 0 saturated heterocycles. The molecular formula is C11H11BrN2O. The van der Waals surface area contributed by atoms with E-state index >= 15 is 0 Å². The van der Waals surface area contributed by atoms with Gasteiger partial charge in [-0.3, -0.25) is 4.79 Å². The SMILES string of the molecule is O=C(c1cccc(Br)n1)N1CC=CCC1. The van der Waals surface area contributed by atoms with Crippen LogP contribution in [0.3, 0.4) is 0 Å². The predicted octanol–water partition coefficient (Wildman–Crippen LogP) is 2.25. The minimum absolute atomic E-state index is 0.000602. The molecule has 0 atom stereocenters. The lowest BCUT2D eigenvalue weighted by Gasteiger charge is -2.22. The third kappa shape index (κ3) is 2.45. The zero-order chi connectivity index (χ0) is 10.7. The highest BCUT2D eigenvalue weighted by Gasteiger charge is 2.16. The van der Waals surface area contributed by atoms with Crippen LogP contribution < -0.4 is 0 Å². The average Bonchev–Trinajstić information content (AvgIpc) is 2.29. The molecule has 0 fully saturated rings. The van der Waals surface area contributed by atoms with Crippen molar-refractivity contribution in [2.45, 2.75) is 6.42 Å². The smallest absolute Gasteiger partial charge is 0.272 e. The first-order chi connectivity index (χ1) is 7.27. The van der Waals surface area contributed by atoms with E-state index in [4.69, 9.17) is 0 Å². The lowest BCUT2D eigenvalue weighted by atomic mass is 10.2. The van der Waals surface area contributed by atoms with Gasteiger partial charge in [0.25, 0.3) is 5.91 Å². The highest BCUT2D eigenvalue weighted by atomic mass is 79.9. The van der Waals surface area contributed by atoms with Crippen molar-refractivity contribution >= 4 is 21.8 Å². The fourth-order valence-electron chi connectivity index (χ4n) is 1.52. The van der Waals surface area contributed by atoms with Crippen molar-refractivity contribution in [2.75, 3.05) is 13.1 Å². The van der Waals surface area contributed by atoms with E-state index in [-0.39, 0.29) is 5.91 Å². The van der Waals surface area contributed by atoms with Crippen LogP contribution in [0.1, 0.15) is 16.9 Å². The first-order valence-electron chi connectivity index (χ1n) is 4.84. The molecule has 2 rings (SSSR count). The Morgan fingerprint density at radius 3 is 2.93 bits per heavy atom. The minimum Gasteiger partial charge on any atom is -0.333 e. The minimum atomic E-state index is 0.000602. The van der Waals surface area contributed by atoms with Crippen LogP contribution in [0.2, 0.25) is 0 Å². The third-order valence-corrected chi connectivity index (χ3v) is 2.72. The van der Waals surface area contributed by atoms with Crippen LogP contribution in [-0.2, 0) is 0 Å². The van der Waals surface area contributed by atoms with Crippen molar-refractivity contribution in [3.8, 4) is 0 Å². The number of amides is 1. The fourth-order valence-corrected chi connectivity index (χ4v) is 1.86. The number of pyridine rings is 1. The predicted molar refractivity (Wildman–Crippen MR) is 61.6 cm³/mol. The van der Waals surface area contributed by atoms with Crippen LogP contribution in [0, 0.1) is 0 Å². The Labute approximate surface area is 96.9 Å². The Bertz CT molecular complexity index is 403. The molecule has 0 aromatic carbocycles. The Morgan fingerprint density at radius 1 is 1.40 bits per heavy atom. The summed E-state index contributed by atoms with van der Waals surface area (Å²) in [4.78, 5) is 17.9. The summed E-state index contributed by atoms with van der Waals surface area (Å²) >= 11 is 3.26. The van der Waals surface area contributed by atoms with Crippen molar-refractivity contribution in [1.82, 2.24) is 9.88 Å². The number of aromatic nitrogens is 1. The van der Waals surface area contributed by atoms with Gasteiger partial charge in [0.1, 0.15) is 10.3 Å². The lowest BCUT2D eigenvalue weighted by Crippen LogP contribution is -2.34. The lowest BCUT2D eigenvalue weighted by molar-refractivity contribution is 0.0765. The van der Waals surface area contributed by atoms with E-state index in [1.165, 1.54) is 0 Å². The number of carbonyl (C=O) groups excluding carboxylic acids is 1. The van der Waals surface area contributed by atoms with Crippen LogP contribution >= 0.6 is 15.9 Å². The molecule has 15 heavy (non-hydrogen) atoms. The second-order valence-corrected chi connectivity index (χ2v) is 4.17. The summed E-state index contributed by atoms with van der Waals surface area (Å²) in [6.45, 7) is 1.47. The van der Waals surface area contributed by atoms with Gasteiger partial charge in [-0.25, -0.2) is 4.98 Å². The van der Waals surface area contributed by atoms with E-state index in [0.29, 0.717) is 16.8 Å². The number of halogens is 1. The second kappa shape index (κ2) is 4.57. The van der Waals surface area contributed by atoms with Crippen molar-refractivity contribution in [1.29, 1.82) is 0 Å². The zero-order valence-corrected chi connectivity index (χ0v) is 9.77. The molecule has 0 unspecified atom stereocenters. The molecule has 3 nitrogen and oxygen atoms in total. The van der Waals surface area contributed by atoms with Gasteiger partial charge in [-0.15, -0.1) is 0 Å². The number of carbonyl (C=O) groups is 1. The zero-order valence-electron chi connectivity index (χ0n) is 8.19. The Balaban J connectivity index is 2.16. The monoisotopic (exact) mass is 266 g/mol. The van der Waals surface area contributed by atoms with Crippen LogP contribution in [0.5, 0.6) is 0 Å². The number of hydrogen-bond donors (Lipinski definition) is 0. The van der Waals surface area contributed by atoms with E-state index in [1.807, 2.05) is 18.2 Å². The Kier molecular flexibility index (Phi) is 3.16. The molecule has 1 amide bonds. The molecule has 0 bridgehead atoms. The van der Waals surface area contributed by atoms with Gasteiger partial charge < -0.3 is 4.90 Å². The molecular weight excluding hydrogens is 256 g/mol. The summed E-state index contributed by atoms with van der Waals surface area (Å²) in [6, 6.07) is 5.38. The van der Waals surface area contributed by atoms with E-state index < -0.39 is 0 Å². The first kappa shape index (κ1) is 10.4. The van der Waals surface area contributed by atoms with Crippen LogP contribution in [-0.4, -0.2) is 28.9 Å². The van der Waals surface area contributed by atoms with Gasteiger partial charge in [-0.1, -0.05) is 18.2 Å². The molecule has 0 saturated carbocycles. The number of nitrogens with zero attached hydrogens (tertiary/aromatic N) is 2. The van der Waals surface area contributed by atoms with Gasteiger partial charge in [0, 0.05) is 13.1 Å². The number of hydrogen-bond acceptors (Lipinski definition) is 2. The molecule has 1 aromatic rings. The highest BCUT2D eigenvalue weighted by Crippen LogP contribution is 2.10. The molecule has 1 aliphatic rings. The third-order valence-electron chi connectivity index (χ3n) is 2.28. The maximum absolute atomic E-state index is 12.0. The summed E-state index contributed by atoms with van der Waals surface area (Å²) in [5, 5.41) is 0. The average molecular weight is 267 g/mol. The molecule has 4 heteroatoms. The standard InChI is InChI=1S/C11H11BrN2O/c12-10-6-4-5-9(13-10)11(15)14-7-2-1-3-8-14/h1-2,4-6H,3,7-8H2. The largest absolute Gasteiger partial charge is 0.333 e. The summed E-state index contributed by atoms with van der Waals surface area (Å²) in [5.74, 6) is 0.000602. The van der Waals surface area contributed by atoms with Crippen LogP contribution in [0.15, 0.2) is 35.0 Å². The van der Waals surface area contributed by atoms with Gasteiger partial charge in [0.05, 0.1) is 0 Å². The van der Waals surface area contributed by atoms with Crippen LogP contribution in [0.4, 0.5) is 0 Å². The summed E-state index contributed by atoms with van der Waals surface area (Å²) in [6.07, 6.45) is 5.04. The summed E-state index contributed by atoms with van der Waals surface area (Å²) in [5.41, 5.74) is 0.500. The van der Waals surface area contributed by atoms with E-state index in [1.54, 1.807) is 11.0 Å². The van der Waals surface area contributed by atoms with Gasteiger partial charge in [-0.05, 0) is 34.5 Å². The van der Waals surface area contributed by atoms with E-state index in [9.17, 15) is 4.79 Å². The topological polar surface area (TPSA) is 33.2 Å². The highest BCUT2D eigenvalue weighted by molar-refractivity contribution is 9.10. The van der Waals surface area contributed by atoms with Crippen LogP contribution in [0.25, 0.3) is 0 Å². The maximum atomic E-state index is 12.0. The van der Waals surface area contributed by atoms with Gasteiger partial charge in [-0.2, -0.15) is 0 Å². The van der Waals surface area contributed by atoms with Crippen molar-refractivity contribution in [2.24, 2.45) is 0 Å². The van der Waals surface area contributed by atoms with Crippen molar-refractivity contribution in [3.05, 3.63) is 40.6 Å². The Morgan fingerprint density at radius 2 is 2.27 bits per heavy atom. The molecule has 2 heterocycles. The fraction of sp³-hybridized carbons (Fsp3) is 0.273. The number of rotatable bonds is 1. The normalized spacial score (nSPS) is 15.4. The summed E-state index contributed by atoms with van der Waals surface area (Å²) in [7, 11) is 0. The molecule has 0 aliphatic carbocycles. The van der Waals surface area contributed by atoms with Gasteiger partial charge in [0.15, 0.2) is 0 Å². The summed E-state index contributed by atoms with van der Waals surface area (Å²) < 4.78 is 0.695. The van der Waals surface area contributed by atoms with E-state index in [0.717, 1.165) is 13.0 Å². The van der Waals surface area contributed by atoms with Gasteiger partial charge in [0.2, 0.25) is 0 Å².